The Morgan fingerprint density at radius 1 is 1.14 bits per heavy atom. The summed E-state index contributed by atoms with van der Waals surface area (Å²) in [5, 5.41) is 4.24. The molecule has 2 nitrogen and oxygen atoms in total. The van der Waals surface area contributed by atoms with Crippen molar-refractivity contribution in [2.45, 2.75) is 19.9 Å². The molecule has 0 saturated heterocycles. The largest absolute Gasteiger partial charge is 0.492 e. The zero-order chi connectivity index (χ0) is 15.2. The monoisotopic (exact) mass is 327 g/mol. The molecule has 0 amide bonds. The van der Waals surface area contributed by atoms with E-state index in [0.717, 1.165) is 17.7 Å². The molecule has 0 spiro atoms. The molecule has 1 N–H and O–H groups in total. The van der Waals surface area contributed by atoms with Gasteiger partial charge in [-0.15, -0.1) is 0 Å². The number of ether oxygens (including phenoxy) is 1. The molecule has 0 atom stereocenters. The maximum Gasteiger partial charge on any atom is 0.142 e. The minimum atomic E-state index is -0.265. The Morgan fingerprint density at radius 3 is 2.52 bits per heavy atom. The predicted octanol–water partition coefficient (Wildman–Crippen LogP) is 5.53. The van der Waals surface area contributed by atoms with Gasteiger partial charge in [-0.3, -0.25) is 0 Å². The molecule has 21 heavy (non-hydrogen) atoms. The van der Waals surface area contributed by atoms with Crippen molar-refractivity contribution in [3.05, 3.63) is 57.8 Å². The summed E-state index contributed by atoms with van der Waals surface area (Å²) in [5.41, 5.74) is 1.68. The zero-order valence-corrected chi connectivity index (χ0v) is 13.1. The first kappa shape index (κ1) is 15.9. The molecule has 2 aromatic rings. The summed E-state index contributed by atoms with van der Waals surface area (Å²) in [6.07, 6.45) is 0.893. The van der Waals surface area contributed by atoms with Crippen molar-refractivity contribution in [3.63, 3.8) is 0 Å². The Bertz CT molecular complexity index is 602. The van der Waals surface area contributed by atoms with Gasteiger partial charge < -0.3 is 10.1 Å². The van der Waals surface area contributed by atoms with Crippen molar-refractivity contribution in [1.82, 2.24) is 0 Å². The van der Waals surface area contributed by atoms with E-state index in [2.05, 4.69) is 5.32 Å². The molecule has 112 valence electrons. The van der Waals surface area contributed by atoms with Crippen LogP contribution >= 0.6 is 23.2 Å². The highest BCUT2D eigenvalue weighted by Crippen LogP contribution is 2.33. The smallest absolute Gasteiger partial charge is 0.142 e. The Labute approximate surface area is 133 Å². The van der Waals surface area contributed by atoms with Gasteiger partial charge in [0.1, 0.15) is 11.6 Å². The molecule has 0 heterocycles. The van der Waals surface area contributed by atoms with Crippen LogP contribution in [0.3, 0.4) is 0 Å². The van der Waals surface area contributed by atoms with Crippen molar-refractivity contribution in [3.8, 4) is 5.75 Å². The number of halogens is 3. The molecular weight excluding hydrogens is 312 g/mol. The molecule has 0 radical (unpaired) electrons. The van der Waals surface area contributed by atoms with E-state index in [-0.39, 0.29) is 5.82 Å². The van der Waals surface area contributed by atoms with Crippen LogP contribution in [-0.2, 0) is 6.54 Å². The van der Waals surface area contributed by atoms with Crippen LogP contribution < -0.4 is 10.1 Å². The Hall–Kier alpha value is -1.45. The van der Waals surface area contributed by atoms with Crippen LogP contribution in [0.25, 0.3) is 0 Å². The van der Waals surface area contributed by atoms with Gasteiger partial charge >= 0.3 is 0 Å². The third-order valence-electron chi connectivity index (χ3n) is 2.86. The van der Waals surface area contributed by atoms with Gasteiger partial charge in [0.15, 0.2) is 0 Å². The van der Waals surface area contributed by atoms with E-state index in [0.29, 0.717) is 28.9 Å². The van der Waals surface area contributed by atoms with Gasteiger partial charge in [-0.25, -0.2) is 4.39 Å². The second-order valence-corrected chi connectivity index (χ2v) is 5.43. The van der Waals surface area contributed by atoms with Gasteiger partial charge in [0.05, 0.1) is 11.6 Å². The molecule has 0 fully saturated rings. The van der Waals surface area contributed by atoms with Gasteiger partial charge in [0.2, 0.25) is 0 Å². The summed E-state index contributed by atoms with van der Waals surface area (Å²) in [6, 6.07) is 9.64. The van der Waals surface area contributed by atoms with Crippen LogP contribution in [0, 0.1) is 5.82 Å². The van der Waals surface area contributed by atoms with Crippen LogP contribution in [0.5, 0.6) is 5.75 Å². The normalized spacial score (nSPS) is 10.5. The van der Waals surface area contributed by atoms with Crippen LogP contribution in [-0.4, -0.2) is 6.61 Å². The lowest BCUT2D eigenvalue weighted by atomic mass is 10.2. The van der Waals surface area contributed by atoms with E-state index in [1.54, 1.807) is 18.2 Å². The molecular formula is C16H16Cl2FNO. The summed E-state index contributed by atoms with van der Waals surface area (Å²) in [5.74, 6) is 0.371. The maximum absolute atomic E-state index is 12.9. The minimum Gasteiger partial charge on any atom is -0.492 e. The second-order valence-electron chi connectivity index (χ2n) is 4.58. The molecule has 2 aromatic carbocycles. The summed E-state index contributed by atoms with van der Waals surface area (Å²) >= 11 is 12.2. The van der Waals surface area contributed by atoms with E-state index in [1.807, 2.05) is 13.0 Å². The lowest BCUT2D eigenvalue weighted by Crippen LogP contribution is -2.05. The second kappa shape index (κ2) is 7.53. The minimum absolute atomic E-state index is 0.265. The lowest BCUT2D eigenvalue weighted by Gasteiger charge is -2.14. The zero-order valence-electron chi connectivity index (χ0n) is 11.6. The van der Waals surface area contributed by atoms with Gasteiger partial charge in [0, 0.05) is 22.8 Å². The Balaban J connectivity index is 2.15. The van der Waals surface area contributed by atoms with Crippen LogP contribution in [0.4, 0.5) is 10.1 Å². The van der Waals surface area contributed by atoms with Crippen molar-refractivity contribution < 1.29 is 9.13 Å². The maximum atomic E-state index is 12.9. The number of anilines is 1. The number of benzene rings is 2. The molecule has 0 bridgehead atoms. The molecule has 0 saturated carbocycles. The van der Waals surface area contributed by atoms with Crippen molar-refractivity contribution in [1.29, 1.82) is 0 Å². The van der Waals surface area contributed by atoms with Crippen molar-refractivity contribution in [2.24, 2.45) is 0 Å². The van der Waals surface area contributed by atoms with E-state index in [1.165, 1.54) is 12.1 Å². The molecule has 0 aliphatic carbocycles. The van der Waals surface area contributed by atoms with Crippen LogP contribution in [0.15, 0.2) is 36.4 Å². The third-order valence-corrected chi connectivity index (χ3v) is 3.36. The Kier molecular flexibility index (Phi) is 5.71. The first-order valence-electron chi connectivity index (χ1n) is 6.70. The summed E-state index contributed by atoms with van der Waals surface area (Å²) in [6.45, 7) is 3.11. The standard InChI is InChI=1S/C16H16Cl2FNO/c1-2-7-21-16-11(8-12(17)9-15(16)18)10-20-14-5-3-13(19)4-6-14/h3-6,8-9,20H,2,7,10H2,1H3. The SMILES string of the molecule is CCCOc1c(Cl)cc(Cl)cc1CNc1ccc(F)cc1. The molecule has 2 rings (SSSR count). The molecule has 0 unspecified atom stereocenters. The lowest BCUT2D eigenvalue weighted by molar-refractivity contribution is 0.314. The molecule has 0 aromatic heterocycles. The summed E-state index contributed by atoms with van der Waals surface area (Å²) in [4.78, 5) is 0. The number of nitrogens with one attached hydrogen (secondary N) is 1. The van der Waals surface area contributed by atoms with Gasteiger partial charge in [-0.05, 0) is 42.8 Å². The quantitative estimate of drug-likeness (QED) is 0.752. The van der Waals surface area contributed by atoms with Crippen molar-refractivity contribution in [2.75, 3.05) is 11.9 Å². The molecule has 5 heteroatoms. The summed E-state index contributed by atoms with van der Waals surface area (Å²) in [7, 11) is 0. The summed E-state index contributed by atoms with van der Waals surface area (Å²) < 4.78 is 18.6. The fourth-order valence-electron chi connectivity index (χ4n) is 1.88. The van der Waals surface area contributed by atoms with Crippen molar-refractivity contribution >= 4 is 28.9 Å². The average Bonchev–Trinajstić information content (AvgIpc) is 2.45. The van der Waals surface area contributed by atoms with Crippen LogP contribution in [0.1, 0.15) is 18.9 Å². The van der Waals surface area contributed by atoms with E-state index >= 15 is 0 Å². The molecule has 0 aliphatic rings. The Morgan fingerprint density at radius 2 is 1.86 bits per heavy atom. The highest BCUT2D eigenvalue weighted by molar-refractivity contribution is 6.35. The van der Waals surface area contributed by atoms with Gasteiger partial charge in [-0.2, -0.15) is 0 Å². The fraction of sp³-hybridized carbons (Fsp3) is 0.250. The van der Waals surface area contributed by atoms with Gasteiger partial charge in [-0.1, -0.05) is 30.1 Å². The van der Waals surface area contributed by atoms with Crippen LogP contribution in [0.2, 0.25) is 10.0 Å². The first-order valence-corrected chi connectivity index (χ1v) is 7.46. The van der Waals surface area contributed by atoms with E-state index in [9.17, 15) is 4.39 Å². The van der Waals surface area contributed by atoms with Gasteiger partial charge in [0.25, 0.3) is 0 Å². The molecule has 0 aliphatic heterocycles. The van der Waals surface area contributed by atoms with E-state index in [4.69, 9.17) is 27.9 Å². The fourth-order valence-corrected chi connectivity index (χ4v) is 2.47. The predicted molar refractivity (Wildman–Crippen MR) is 86.0 cm³/mol. The number of hydrogen-bond acceptors (Lipinski definition) is 2. The van der Waals surface area contributed by atoms with E-state index < -0.39 is 0 Å². The topological polar surface area (TPSA) is 21.3 Å². The number of rotatable bonds is 6. The highest BCUT2D eigenvalue weighted by atomic mass is 35.5. The first-order chi connectivity index (χ1) is 10.1. The average molecular weight is 328 g/mol. The number of hydrogen-bond donors (Lipinski definition) is 1. The third kappa shape index (κ3) is 4.51. The highest BCUT2D eigenvalue weighted by Gasteiger charge is 2.10.